The topological polar surface area (TPSA) is 66.3 Å². The van der Waals surface area contributed by atoms with Gasteiger partial charge < -0.3 is 10.0 Å². The average Bonchev–Trinajstić information content (AvgIpc) is 3.08. The van der Waals surface area contributed by atoms with Crippen LogP contribution in [0.4, 0.5) is 5.95 Å². The first kappa shape index (κ1) is 10.7. The molecule has 0 radical (unpaired) electrons. The second-order valence-corrected chi connectivity index (χ2v) is 5.29. The van der Waals surface area contributed by atoms with E-state index in [1.165, 1.54) is 12.8 Å². The quantitative estimate of drug-likeness (QED) is 0.888. The van der Waals surface area contributed by atoms with Gasteiger partial charge >= 0.3 is 5.97 Å². The van der Waals surface area contributed by atoms with Crippen molar-refractivity contribution < 1.29 is 9.90 Å². The number of aromatic carboxylic acids is 1. The highest BCUT2D eigenvalue weighted by Gasteiger charge is 2.47. The molecule has 96 valence electrons. The number of nitrogens with zero attached hydrogens (tertiary/aromatic N) is 3. The van der Waals surface area contributed by atoms with E-state index in [0.717, 1.165) is 29.3 Å². The minimum absolute atomic E-state index is 0.271. The third-order valence-electron chi connectivity index (χ3n) is 4.10. The molecule has 1 saturated carbocycles. The molecule has 5 nitrogen and oxygen atoms in total. The van der Waals surface area contributed by atoms with Crippen molar-refractivity contribution in [3.05, 3.63) is 30.0 Å². The van der Waals surface area contributed by atoms with E-state index in [1.807, 2.05) is 0 Å². The van der Waals surface area contributed by atoms with Crippen LogP contribution in [0.3, 0.4) is 0 Å². The molecule has 1 saturated heterocycles. The zero-order chi connectivity index (χ0) is 13.0. The van der Waals surface area contributed by atoms with Crippen LogP contribution in [0.5, 0.6) is 0 Å². The SMILES string of the molecule is O=C(O)c1ccc2nc(N3CCC4CC43)ncc2c1. The lowest BCUT2D eigenvalue weighted by Crippen LogP contribution is -2.24. The van der Waals surface area contributed by atoms with Gasteiger partial charge in [-0.05, 0) is 37.0 Å². The Kier molecular flexibility index (Phi) is 2.07. The molecule has 4 rings (SSSR count). The lowest BCUT2D eigenvalue weighted by Gasteiger charge is -2.17. The smallest absolute Gasteiger partial charge is 0.335 e. The fraction of sp³-hybridized carbons (Fsp3) is 0.357. The van der Waals surface area contributed by atoms with E-state index in [9.17, 15) is 4.79 Å². The zero-order valence-corrected chi connectivity index (χ0v) is 10.3. The summed E-state index contributed by atoms with van der Waals surface area (Å²) in [6.45, 7) is 1.04. The fourth-order valence-corrected chi connectivity index (χ4v) is 2.94. The summed E-state index contributed by atoms with van der Waals surface area (Å²) in [5.41, 5.74) is 1.08. The molecular formula is C14H13N3O2. The Morgan fingerprint density at radius 1 is 1.42 bits per heavy atom. The number of hydrogen-bond donors (Lipinski definition) is 1. The molecule has 1 N–H and O–H groups in total. The Balaban J connectivity index is 1.75. The highest BCUT2D eigenvalue weighted by molar-refractivity contribution is 5.93. The Labute approximate surface area is 109 Å². The van der Waals surface area contributed by atoms with Gasteiger partial charge in [0.1, 0.15) is 0 Å². The van der Waals surface area contributed by atoms with Crippen molar-refractivity contribution in [3.8, 4) is 0 Å². The molecule has 1 aliphatic carbocycles. The average molecular weight is 255 g/mol. The third kappa shape index (κ3) is 1.65. The molecular weight excluding hydrogens is 242 g/mol. The summed E-state index contributed by atoms with van der Waals surface area (Å²) in [7, 11) is 0. The number of anilines is 1. The molecule has 2 heterocycles. The predicted molar refractivity (Wildman–Crippen MR) is 70.4 cm³/mol. The summed E-state index contributed by atoms with van der Waals surface area (Å²) >= 11 is 0. The number of hydrogen-bond acceptors (Lipinski definition) is 4. The molecule has 2 unspecified atom stereocenters. The molecule has 0 amide bonds. The number of carboxylic acid groups (broad SMARTS) is 1. The summed E-state index contributed by atoms with van der Waals surface area (Å²) < 4.78 is 0. The first-order chi connectivity index (χ1) is 9.22. The van der Waals surface area contributed by atoms with Crippen molar-refractivity contribution in [2.45, 2.75) is 18.9 Å². The van der Waals surface area contributed by atoms with E-state index in [2.05, 4.69) is 14.9 Å². The number of piperidine rings is 1. The van der Waals surface area contributed by atoms with E-state index < -0.39 is 5.97 Å². The van der Waals surface area contributed by atoms with Gasteiger partial charge in [0.25, 0.3) is 0 Å². The van der Waals surface area contributed by atoms with Crippen LogP contribution in [0.15, 0.2) is 24.4 Å². The molecule has 1 aromatic carbocycles. The van der Waals surface area contributed by atoms with Crippen LogP contribution >= 0.6 is 0 Å². The predicted octanol–water partition coefficient (Wildman–Crippen LogP) is 1.93. The Hall–Kier alpha value is -2.17. The van der Waals surface area contributed by atoms with Crippen LogP contribution in [0.1, 0.15) is 23.2 Å². The van der Waals surface area contributed by atoms with Crippen LogP contribution in [0, 0.1) is 5.92 Å². The molecule has 2 fully saturated rings. The lowest BCUT2D eigenvalue weighted by molar-refractivity contribution is 0.0697. The number of carboxylic acids is 1. The van der Waals surface area contributed by atoms with Gasteiger partial charge in [-0.3, -0.25) is 0 Å². The van der Waals surface area contributed by atoms with Crippen LogP contribution < -0.4 is 4.90 Å². The zero-order valence-electron chi connectivity index (χ0n) is 10.3. The van der Waals surface area contributed by atoms with Gasteiger partial charge in [-0.2, -0.15) is 0 Å². The first-order valence-electron chi connectivity index (χ1n) is 6.49. The van der Waals surface area contributed by atoms with Gasteiger partial charge in [-0.15, -0.1) is 0 Å². The third-order valence-corrected chi connectivity index (χ3v) is 4.10. The molecule has 2 aliphatic rings. The van der Waals surface area contributed by atoms with E-state index >= 15 is 0 Å². The number of benzene rings is 1. The summed E-state index contributed by atoms with van der Waals surface area (Å²) in [4.78, 5) is 22.1. The van der Waals surface area contributed by atoms with E-state index in [4.69, 9.17) is 5.11 Å². The van der Waals surface area contributed by atoms with E-state index in [1.54, 1.807) is 24.4 Å². The minimum atomic E-state index is -0.925. The number of rotatable bonds is 2. The van der Waals surface area contributed by atoms with Crippen molar-refractivity contribution in [3.63, 3.8) is 0 Å². The summed E-state index contributed by atoms with van der Waals surface area (Å²) in [5.74, 6) is 0.695. The second kappa shape index (κ2) is 3.66. The number of fused-ring (bicyclic) bond motifs is 2. The molecule has 0 bridgehead atoms. The summed E-state index contributed by atoms with van der Waals surface area (Å²) in [5, 5.41) is 9.74. The van der Waals surface area contributed by atoms with Crippen LogP contribution in [-0.2, 0) is 0 Å². The molecule has 5 heteroatoms. The largest absolute Gasteiger partial charge is 0.478 e. The second-order valence-electron chi connectivity index (χ2n) is 5.29. The highest BCUT2D eigenvalue weighted by Crippen LogP contribution is 2.45. The van der Waals surface area contributed by atoms with Crippen molar-refractivity contribution in [1.29, 1.82) is 0 Å². The van der Waals surface area contributed by atoms with Gasteiger partial charge in [0.05, 0.1) is 11.1 Å². The maximum atomic E-state index is 10.9. The highest BCUT2D eigenvalue weighted by atomic mass is 16.4. The lowest BCUT2D eigenvalue weighted by atomic mass is 10.1. The Morgan fingerprint density at radius 3 is 3.00 bits per heavy atom. The Morgan fingerprint density at radius 2 is 2.32 bits per heavy atom. The monoisotopic (exact) mass is 255 g/mol. The van der Waals surface area contributed by atoms with E-state index in [-0.39, 0.29) is 5.56 Å². The Bertz CT molecular complexity index is 685. The van der Waals surface area contributed by atoms with Gasteiger partial charge in [-0.25, -0.2) is 14.8 Å². The van der Waals surface area contributed by atoms with Crippen molar-refractivity contribution in [2.75, 3.05) is 11.4 Å². The molecule has 1 aromatic heterocycles. The molecule has 0 spiro atoms. The van der Waals surface area contributed by atoms with Gasteiger partial charge in [0.15, 0.2) is 0 Å². The van der Waals surface area contributed by atoms with Crippen molar-refractivity contribution >= 4 is 22.8 Å². The molecule has 19 heavy (non-hydrogen) atoms. The standard InChI is InChI=1S/C14H13N3O2/c18-13(19)9-1-2-11-10(5-9)7-15-14(16-11)17-4-3-8-6-12(8)17/h1-2,5,7-8,12H,3-4,6H2,(H,18,19). The van der Waals surface area contributed by atoms with Crippen LogP contribution in [0.25, 0.3) is 10.9 Å². The van der Waals surface area contributed by atoms with Crippen LogP contribution in [0.2, 0.25) is 0 Å². The van der Waals surface area contributed by atoms with Gasteiger partial charge in [0, 0.05) is 24.2 Å². The normalized spacial score (nSPS) is 24.5. The van der Waals surface area contributed by atoms with E-state index in [0.29, 0.717) is 6.04 Å². The first-order valence-corrected chi connectivity index (χ1v) is 6.49. The van der Waals surface area contributed by atoms with Crippen LogP contribution in [-0.4, -0.2) is 33.6 Å². The molecule has 2 atom stereocenters. The maximum Gasteiger partial charge on any atom is 0.335 e. The summed E-state index contributed by atoms with van der Waals surface area (Å²) in [6.07, 6.45) is 4.23. The number of aromatic nitrogens is 2. The maximum absolute atomic E-state index is 10.9. The van der Waals surface area contributed by atoms with Crippen molar-refractivity contribution in [2.24, 2.45) is 5.92 Å². The number of carbonyl (C=O) groups is 1. The minimum Gasteiger partial charge on any atom is -0.478 e. The van der Waals surface area contributed by atoms with Gasteiger partial charge in [-0.1, -0.05) is 0 Å². The van der Waals surface area contributed by atoms with Crippen molar-refractivity contribution in [1.82, 2.24) is 9.97 Å². The molecule has 2 aromatic rings. The summed E-state index contributed by atoms with van der Waals surface area (Å²) in [6, 6.07) is 5.59. The molecule has 1 aliphatic heterocycles. The van der Waals surface area contributed by atoms with Gasteiger partial charge in [0.2, 0.25) is 5.95 Å². The fourth-order valence-electron chi connectivity index (χ4n) is 2.94.